The number of pyridine rings is 1. The lowest BCUT2D eigenvalue weighted by atomic mass is 9.86. The fourth-order valence-corrected chi connectivity index (χ4v) is 2.27. The van der Waals surface area contributed by atoms with Crippen LogP contribution >= 0.6 is 0 Å². The largest absolute Gasteiger partial charge is 0.370 e. The Morgan fingerprint density at radius 3 is 2.40 bits per heavy atom. The molecule has 2 nitrogen and oxygen atoms in total. The molecule has 0 saturated carbocycles. The first-order valence-electron chi connectivity index (χ1n) is 6.79. The van der Waals surface area contributed by atoms with Crippen molar-refractivity contribution in [1.29, 1.82) is 0 Å². The highest BCUT2D eigenvalue weighted by Gasteiger charge is 2.22. The van der Waals surface area contributed by atoms with Crippen molar-refractivity contribution >= 4 is 16.7 Å². The van der Waals surface area contributed by atoms with Crippen LogP contribution in [0.5, 0.6) is 0 Å². The van der Waals surface area contributed by atoms with Crippen molar-refractivity contribution < 1.29 is 8.78 Å². The lowest BCUT2D eigenvalue weighted by molar-refractivity contribution is 0.585. The summed E-state index contributed by atoms with van der Waals surface area (Å²) in [6.07, 6.45) is 0. The predicted molar refractivity (Wildman–Crippen MR) is 79.3 cm³/mol. The molecule has 0 aliphatic heterocycles. The van der Waals surface area contributed by atoms with E-state index < -0.39 is 11.6 Å². The summed E-state index contributed by atoms with van der Waals surface area (Å²) in [4.78, 5) is 4.31. The molecule has 0 unspecified atom stereocenters. The van der Waals surface area contributed by atoms with Crippen LogP contribution < -0.4 is 5.32 Å². The molecule has 2 aromatic rings. The van der Waals surface area contributed by atoms with Gasteiger partial charge in [-0.2, -0.15) is 0 Å². The van der Waals surface area contributed by atoms with Gasteiger partial charge in [0, 0.05) is 17.5 Å². The average Bonchev–Trinajstić information content (AvgIpc) is 2.35. The Labute approximate surface area is 118 Å². The zero-order chi connectivity index (χ0) is 15.1. The van der Waals surface area contributed by atoms with E-state index >= 15 is 0 Å². The molecule has 1 heterocycles. The van der Waals surface area contributed by atoms with E-state index in [4.69, 9.17) is 0 Å². The Bertz CT molecular complexity index is 658. The number of aryl methyl sites for hydroxylation is 1. The molecular formula is C16H20F2N2. The van der Waals surface area contributed by atoms with Crippen LogP contribution in [0.3, 0.4) is 0 Å². The number of halogens is 2. The first-order valence-corrected chi connectivity index (χ1v) is 6.79. The molecule has 0 aliphatic rings. The summed E-state index contributed by atoms with van der Waals surface area (Å²) in [5.74, 6) is -0.268. The number of nitrogens with zero attached hydrogens (tertiary/aromatic N) is 1. The van der Waals surface area contributed by atoms with Crippen LogP contribution in [0.25, 0.3) is 10.9 Å². The van der Waals surface area contributed by atoms with Gasteiger partial charge in [0.25, 0.3) is 0 Å². The highest BCUT2D eigenvalue weighted by molar-refractivity contribution is 5.84. The molecule has 1 aromatic carbocycles. The van der Waals surface area contributed by atoms with Crippen molar-refractivity contribution in [3.8, 4) is 0 Å². The molecule has 4 heteroatoms. The summed E-state index contributed by atoms with van der Waals surface area (Å²) in [5, 5.41) is 3.38. The highest BCUT2D eigenvalue weighted by Crippen LogP contribution is 2.33. The number of hydrogen-bond acceptors (Lipinski definition) is 2. The van der Waals surface area contributed by atoms with Gasteiger partial charge < -0.3 is 5.32 Å². The smallest absolute Gasteiger partial charge is 0.149 e. The van der Waals surface area contributed by atoms with Crippen molar-refractivity contribution in [3.63, 3.8) is 0 Å². The van der Waals surface area contributed by atoms with E-state index in [1.807, 2.05) is 27.7 Å². The van der Waals surface area contributed by atoms with Gasteiger partial charge in [0.1, 0.15) is 23.0 Å². The van der Waals surface area contributed by atoms with Gasteiger partial charge in [0.2, 0.25) is 0 Å². The van der Waals surface area contributed by atoms with Gasteiger partial charge in [0.05, 0.1) is 0 Å². The van der Waals surface area contributed by atoms with Crippen molar-refractivity contribution in [2.45, 2.75) is 40.0 Å². The second-order valence-electron chi connectivity index (χ2n) is 6.05. The summed E-state index contributed by atoms with van der Waals surface area (Å²) in [7, 11) is 0. The molecule has 0 fully saturated rings. The molecule has 0 atom stereocenters. The summed E-state index contributed by atoms with van der Waals surface area (Å²) < 4.78 is 28.3. The monoisotopic (exact) mass is 278 g/mol. The lowest BCUT2D eigenvalue weighted by Gasteiger charge is -2.23. The van der Waals surface area contributed by atoms with Crippen LogP contribution in [0, 0.1) is 18.6 Å². The van der Waals surface area contributed by atoms with E-state index in [0.29, 0.717) is 17.9 Å². The molecule has 0 spiro atoms. The van der Waals surface area contributed by atoms with Gasteiger partial charge >= 0.3 is 0 Å². The van der Waals surface area contributed by atoms with E-state index in [9.17, 15) is 8.78 Å². The molecular weight excluding hydrogens is 258 g/mol. The average molecular weight is 278 g/mol. The third kappa shape index (κ3) is 2.47. The molecule has 2 rings (SSSR count). The molecule has 0 saturated heterocycles. The molecule has 0 aliphatic carbocycles. The molecule has 1 aromatic heterocycles. The molecule has 1 N–H and O–H groups in total. The lowest BCUT2D eigenvalue weighted by Crippen LogP contribution is -2.16. The summed E-state index contributed by atoms with van der Waals surface area (Å²) in [6.45, 7) is 10.3. The Morgan fingerprint density at radius 2 is 1.85 bits per heavy atom. The first-order chi connectivity index (χ1) is 9.25. The Balaban J connectivity index is 2.85. The van der Waals surface area contributed by atoms with Crippen LogP contribution in [0.15, 0.2) is 12.1 Å². The van der Waals surface area contributed by atoms with E-state index in [1.54, 1.807) is 13.0 Å². The molecule has 108 valence electrons. The maximum absolute atomic E-state index is 14.2. The topological polar surface area (TPSA) is 24.9 Å². The normalized spacial score (nSPS) is 11.9. The summed E-state index contributed by atoms with van der Waals surface area (Å²) in [6, 6.07) is 2.91. The maximum Gasteiger partial charge on any atom is 0.149 e. The minimum Gasteiger partial charge on any atom is -0.370 e. The van der Waals surface area contributed by atoms with Gasteiger partial charge in [0.15, 0.2) is 0 Å². The number of aromatic nitrogens is 1. The molecule has 0 bridgehead atoms. The van der Waals surface area contributed by atoms with Crippen LogP contribution in [0.4, 0.5) is 14.6 Å². The van der Waals surface area contributed by atoms with Gasteiger partial charge in [-0.25, -0.2) is 13.8 Å². The van der Waals surface area contributed by atoms with E-state index in [0.717, 1.165) is 5.56 Å². The summed E-state index contributed by atoms with van der Waals surface area (Å²) in [5.41, 5.74) is 1.06. The second-order valence-corrected chi connectivity index (χ2v) is 6.05. The standard InChI is InChI=1S/C16H20F2N2/c1-6-19-15-11(16(3,4)5)8-10-13(18)9(2)7-12(17)14(10)20-15/h7-8H,6H2,1-5H3,(H,19,20). The minimum atomic E-state index is -0.487. The van der Waals surface area contributed by atoms with Crippen molar-refractivity contribution in [3.05, 3.63) is 34.9 Å². The fraction of sp³-hybridized carbons (Fsp3) is 0.438. The number of fused-ring (bicyclic) bond motifs is 1. The van der Waals surface area contributed by atoms with Crippen molar-refractivity contribution in [2.24, 2.45) is 0 Å². The first kappa shape index (κ1) is 14.7. The molecule has 0 amide bonds. The maximum atomic E-state index is 14.2. The van der Waals surface area contributed by atoms with Crippen LogP contribution in [0.1, 0.15) is 38.8 Å². The van der Waals surface area contributed by atoms with Crippen LogP contribution in [-0.4, -0.2) is 11.5 Å². The number of hydrogen-bond donors (Lipinski definition) is 1. The van der Waals surface area contributed by atoms with Gasteiger partial charge in [-0.3, -0.25) is 0 Å². The zero-order valence-corrected chi connectivity index (χ0v) is 12.6. The van der Waals surface area contributed by atoms with Crippen LogP contribution in [-0.2, 0) is 5.41 Å². The predicted octanol–water partition coefficient (Wildman–Crippen LogP) is 4.55. The third-order valence-electron chi connectivity index (χ3n) is 3.33. The molecule has 20 heavy (non-hydrogen) atoms. The number of nitrogens with one attached hydrogen (secondary N) is 1. The van der Waals surface area contributed by atoms with Crippen molar-refractivity contribution in [2.75, 3.05) is 11.9 Å². The van der Waals surface area contributed by atoms with Gasteiger partial charge in [-0.15, -0.1) is 0 Å². The number of rotatable bonds is 2. The number of anilines is 1. The third-order valence-corrected chi connectivity index (χ3v) is 3.33. The quantitative estimate of drug-likeness (QED) is 0.871. The second kappa shape index (κ2) is 5.00. The SMILES string of the molecule is CCNc1nc2c(F)cc(C)c(F)c2cc1C(C)(C)C. The van der Waals surface area contributed by atoms with Gasteiger partial charge in [-0.05, 0) is 37.0 Å². The minimum absolute atomic E-state index is 0.0806. The van der Waals surface area contributed by atoms with Crippen LogP contribution in [0.2, 0.25) is 0 Å². The summed E-state index contributed by atoms with van der Waals surface area (Å²) >= 11 is 0. The molecule has 0 radical (unpaired) electrons. The van der Waals surface area contributed by atoms with Gasteiger partial charge in [-0.1, -0.05) is 20.8 Å². The highest BCUT2D eigenvalue weighted by atomic mass is 19.1. The van der Waals surface area contributed by atoms with Crippen molar-refractivity contribution in [1.82, 2.24) is 4.98 Å². The van der Waals surface area contributed by atoms with E-state index in [-0.39, 0.29) is 16.3 Å². The fourth-order valence-electron chi connectivity index (χ4n) is 2.27. The Hall–Kier alpha value is -1.71. The number of benzene rings is 1. The Morgan fingerprint density at radius 1 is 1.20 bits per heavy atom. The zero-order valence-electron chi connectivity index (χ0n) is 12.6. The van der Waals surface area contributed by atoms with E-state index in [2.05, 4.69) is 10.3 Å². The Kier molecular flexibility index (Phi) is 3.67. The van der Waals surface area contributed by atoms with E-state index in [1.165, 1.54) is 6.07 Å².